The van der Waals surface area contributed by atoms with Crippen LogP contribution < -0.4 is 5.32 Å². The smallest absolute Gasteiger partial charge is 0.328 e. The number of amides is 1. The molecule has 0 aliphatic rings. The van der Waals surface area contributed by atoms with E-state index in [2.05, 4.69) is 15.5 Å². The normalized spacial score (nSPS) is 10.8. The number of carbonyl (C=O) groups is 2. The highest BCUT2D eigenvalue weighted by Crippen LogP contribution is 2.08. The Labute approximate surface area is 95.4 Å². The third-order valence-corrected chi connectivity index (χ3v) is 1.94. The molecule has 0 aromatic carbocycles. The number of nitrogens with zero attached hydrogens (tertiary/aromatic N) is 3. The molecule has 0 fully saturated rings. The van der Waals surface area contributed by atoms with Gasteiger partial charge in [-0.2, -0.15) is 0 Å². The second-order valence-corrected chi connectivity index (χ2v) is 3.18. The van der Waals surface area contributed by atoms with Crippen molar-refractivity contribution >= 4 is 23.2 Å². The zero-order chi connectivity index (χ0) is 12.3. The van der Waals surface area contributed by atoms with Gasteiger partial charge in [-0.15, -0.1) is 10.2 Å². The molecule has 2 aromatic rings. The van der Waals surface area contributed by atoms with Crippen molar-refractivity contribution in [1.29, 1.82) is 0 Å². The van der Waals surface area contributed by atoms with Gasteiger partial charge in [0.2, 0.25) is 5.91 Å². The van der Waals surface area contributed by atoms with Gasteiger partial charge in [-0.25, -0.2) is 4.79 Å². The standard InChI is InChI=1S/C10H8N4O3/c15-9(3-4-10(16)17)12-7-1-2-8-13-11-6-14(8)5-7/h1-6H,(H,12,15)(H,16,17)/b4-3+. The molecule has 17 heavy (non-hydrogen) atoms. The lowest BCUT2D eigenvalue weighted by atomic mass is 10.4. The van der Waals surface area contributed by atoms with Crippen molar-refractivity contribution in [2.45, 2.75) is 0 Å². The number of fused-ring (bicyclic) bond motifs is 1. The molecule has 0 spiro atoms. The third-order valence-electron chi connectivity index (χ3n) is 1.94. The van der Waals surface area contributed by atoms with Crippen LogP contribution in [0, 0.1) is 0 Å². The van der Waals surface area contributed by atoms with Crippen molar-refractivity contribution in [3.63, 3.8) is 0 Å². The van der Waals surface area contributed by atoms with Crippen LogP contribution in [0.1, 0.15) is 0 Å². The van der Waals surface area contributed by atoms with E-state index >= 15 is 0 Å². The Morgan fingerprint density at radius 2 is 2.18 bits per heavy atom. The van der Waals surface area contributed by atoms with E-state index in [1.165, 1.54) is 6.33 Å². The fourth-order valence-corrected chi connectivity index (χ4v) is 1.23. The largest absolute Gasteiger partial charge is 0.478 e. The highest BCUT2D eigenvalue weighted by atomic mass is 16.4. The van der Waals surface area contributed by atoms with Crippen molar-refractivity contribution < 1.29 is 14.7 Å². The summed E-state index contributed by atoms with van der Waals surface area (Å²) in [6.45, 7) is 0. The molecule has 0 unspecified atom stereocenters. The number of carboxylic acid groups (broad SMARTS) is 1. The first-order valence-corrected chi connectivity index (χ1v) is 4.66. The molecule has 0 saturated carbocycles. The van der Waals surface area contributed by atoms with E-state index in [1.807, 2.05) is 0 Å². The van der Waals surface area contributed by atoms with Crippen LogP contribution in [0.15, 0.2) is 36.8 Å². The zero-order valence-corrected chi connectivity index (χ0v) is 8.57. The zero-order valence-electron chi connectivity index (χ0n) is 8.57. The first-order chi connectivity index (χ1) is 8.15. The predicted molar refractivity (Wildman–Crippen MR) is 58.4 cm³/mol. The molecular weight excluding hydrogens is 224 g/mol. The second-order valence-electron chi connectivity index (χ2n) is 3.18. The Bertz CT molecular complexity index is 602. The van der Waals surface area contributed by atoms with Gasteiger partial charge in [0.1, 0.15) is 6.33 Å². The van der Waals surface area contributed by atoms with Crippen LogP contribution in [0.25, 0.3) is 5.65 Å². The maximum absolute atomic E-state index is 11.3. The van der Waals surface area contributed by atoms with Gasteiger partial charge in [-0.1, -0.05) is 0 Å². The molecule has 0 atom stereocenters. The Kier molecular flexibility index (Phi) is 2.82. The van der Waals surface area contributed by atoms with E-state index in [0.29, 0.717) is 11.3 Å². The van der Waals surface area contributed by atoms with E-state index < -0.39 is 11.9 Å². The molecular formula is C10H8N4O3. The number of pyridine rings is 1. The van der Waals surface area contributed by atoms with Crippen molar-refractivity contribution in [3.05, 3.63) is 36.8 Å². The highest BCUT2D eigenvalue weighted by molar-refractivity contribution is 6.02. The third kappa shape index (κ3) is 2.65. The topological polar surface area (TPSA) is 96.6 Å². The Hall–Kier alpha value is -2.70. The number of rotatable bonds is 3. The Morgan fingerprint density at radius 3 is 2.94 bits per heavy atom. The maximum Gasteiger partial charge on any atom is 0.328 e. The molecule has 1 amide bonds. The molecule has 2 aromatic heterocycles. The SMILES string of the molecule is O=C(O)/C=C/C(=O)Nc1ccc2nncn2c1. The van der Waals surface area contributed by atoms with Gasteiger partial charge in [0, 0.05) is 18.3 Å². The fourth-order valence-electron chi connectivity index (χ4n) is 1.23. The summed E-state index contributed by atoms with van der Waals surface area (Å²) in [5.74, 6) is -1.69. The fraction of sp³-hybridized carbons (Fsp3) is 0. The summed E-state index contributed by atoms with van der Waals surface area (Å²) >= 11 is 0. The minimum atomic E-state index is -1.17. The van der Waals surface area contributed by atoms with Crippen LogP contribution in [-0.4, -0.2) is 31.6 Å². The van der Waals surface area contributed by atoms with Crippen LogP contribution in [0.4, 0.5) is 5.69 Å². The number of hydrogen-bond donors (Lipinski definition) is 2. The number of nitrogens with one attached hydrogen (secondary N) is 1. The maximum atomic E-state index is 11.3. The second kappa shape index (κ2) is 4.44. The monoisotopic (exact) mass is 232 g/mol. The van der Waals surface area contributed by atoms with E-state index in [1.54, 1.807) is 22.7 Å². The summed E-state index contributed by atoms with van der Waals surface area (Å²) < 4.78 is 1.64. The summed E-state index contributed by atoms with van der Waals surface area (Å²) in [5.41, 5.74) is 1.18. The van der Waals surface area contributed by atoms with E-state index in [-0.39, 0.29) is 0 Å². The van der Waals surface area contributed by atoms with Gasteiger partial charge in [0.05, 0.1) is 5.69 Å². The van der Waals surface area contributed by atoms with Gasteiger partial charge >= 0.3 is 5.97 Å². The quantitative estimate of drug-likeness (QED) is 0.742. The van der Waals surface area contributed by atoms with Crippen molar-refractivity contribution in [3.8, 4) is 0 Å². The Morgan fingerprint density at radius 1 is 1.35 bits per heavy atom. The molecule has 0 aliphatic carbocycles. The van der Waals surface area contributed by atoms with Crippen molar-refractivity contribution in [2.24, 2.45) is 0 Å². The van der Waals surface area contributed by atoms with Crippen LogP contribution >= 0.6 is 0 Å². The minimum absolute atomic E-state index is 0.514. The average molecular weight is 232 g/mol. The summed E-state index contributed by atoms with van der Waals surface area (Å²) in [5, 5.41) is 18.4. The summed E-state index contributed by atoms with van der Waals surface area (Å²) in [7, 11) is 0. The molecule has 0 radical (unpaired) electrons. The lowest BCUT2D eigenvalue weighted by Crippen LogP contribution is -2.09. The molecule has 7 heteroatoms. The number of aliphatic carboxylic acids is 1. The number of carbonyl (C=O) groups excluding carboxylic acids is 1. The molecule has 0 bridgehead atoms. The van der Waals surface area contributed by atoms with Gasteiger partial charge < -0.3 is 10.4 Å². The lowest BCUT2D eigenvalue weighted by molar-refractivity contribution is -0.131. The van der Waals surface area contributed by atoms with E-state index in [0.717, 1.165) is 12.2 Å². The molecule has 0 aliphatic heterocycles. The van der Waals surface area contributed by atoms with Gasteiger partial charge in [-0.3, -0.25) is 9.20 Å². The van der Waals surface area contributed by atoms with Gasteiger partial charge in [0.25, 0.3) is 0 Å². The predicted octanol–water partition coefficient (Wildman–Crippen LogP) is 0.309. The van der Waals surface area contributed by atoms with Crippen molar-refractivity contribution in [1.82, 2.24) is 14.6 Å². The number of carboxylic acids is 1. The number of hydrogen-bond acceptors (Lipinski definition) is 4. The van der Waals surface area contributed by atoms with Crippen LogP contribution in [0.5, 0.6) is 0 Å². The Balaban J connectivity index is 2.12. The van der Waals surface area contributed by atoms with E-state index in [4.69, 9.17) is 5.11 Å². The van der Waals surface area contributed by atoms with E-state index in [9.17, 15) is 9.59 Å². The lowest BCUT2D eigenvalue weighted by Gasteiger charge is -2.01. The summed E-state index contributed by atoms with van der Waals surface area (Å²) in [6.07, 6.45) is 4.84. The average Bonchev–Trinajstić information content (AvgIpc) is 2.73. The molecule has 0 saturated heterocycles. The molecule has 2 heterocycles. The summed E-state index contributed by atoms with van der Waals surface area (Å²) in [4.78, 5) is 21.5. The molecule has 2 rings (SSSR count). The highest BCUT2D eigenvalue weighted by Gasteiger charge is 2.01. The first kappa shape index (κ1) is 10.8. The van der Waals surface area contributed by atoms with Gasteiger partial charge in [0.15, 0.2) is 5.65 Å². The molecule has 86 valence electrons. The first-order valence-electron chi connectivity index (χ1n) is 4.66. The van der Waals surface area contributed by atoms with Crippen molar-refractivity contribution in [2.75, 3.05) is 5.32 Å². The number of aromatic nitrogens is 3. The minimum Gasteiger partial charge on any atom is -0.478 e. The number of anilines is 1. The van der Waals surface area contributed by atoms with Gasteiger partial charge in [-0.05, 0) is 12.1 Å². The molecule has 7 nitrogen and oxygen atoms in total. The van der Waals surface area contributed by atoms with Crippen LogP contribution in [0.2, 0.25) is 0 Å². The van der Waals surface area contributed by atoms with Crippen LogP contribution in [-0.2, 0) is 9.59 Å². The molecule has 2 N–H and O–H groups in total. The summed E-state index contributed by atoms with van der Waals surface area (Å²) in [6, 6.07) is 3.33. The van der Waals surface area contributed by atoms with Crippen LogP contribution in [0.3, 0.4) is 0 Å².